The summed E-state index contributed by atoms with van der Waals surface area (Å²) in [5, 5.41) is 0.239. The first-order chi connectivity index (χ1) is 10.8. The van der Waals surface area contributed by atoms with Crippen LogP contribution in [0.1, 0.15) is 5.56 Å². The van der Waals surface area contributed by atoms with Crippen molar-refractivity contribution in [1.29, 1.82) is 0 Å². The molecular formula is C14H12ClFN4O2S. The maximum atomic E-state index is 13.2. The molecule has 0 fully saturated rings. The minimum atomic E-state index is -0.464. The van der Waals surface area contributed by atoms with Gasteiger partial charge in [-0.15, -0.1) is 0 Å². The van der Waals surface area contributed by atoms with Crippen LogP contribution in [-0.4, -0.2) is 18.7 Å². The molecule has 0 bridgehead atoms. The monoisotopic (exact) mass is 354 g/mol. The first kappa shape index (κ1) is 15.7. The highest BCUT2D eigenvalue weighted by Gasteiger charge is 2.16. The molecule has 3 aromatic rings. The summed E-state index contributed by atoms with van der Waals surface area (Å²) in [4.78, 5) is 27.3. The van der Waals surface area contributed by atoms with Crippen LogP contribution < -0.4 is 11.2 Å². The van der Waals surface area contributed by atoms with Crippen molar-refractivity contribution >= 4 is 35.0 Å². The van der Waals surface area contributed by atoms with Gasteiger partial charge >= 0.3 is 5.69 Å². The van der Waals surface area contributed by atoms with E-state index in [2.05, 4.69) is 4.98 Å². The Hall–Kier alpha value is -2.19. The molecule has 0 radical (unpaired) electrons. The average molecular weight is 355 g/mol. The molecule has 3 rings (SSSR count). The summed E-state index contributed by atoms with van der Waals surface area (Å²) >= 11 is 11.3. The standard InChI is InChI=1S/C14H12ClFN4O2S/c1-18-11-10(12(21)19(2)14(18)22)20(13(23)17-11)6-7-3-4-8(16)5-9(7)15/h3-5H,6H2,1-2H3,(H,17,23). The van der Waals surface area contributed by atoms with E-state index >= 15 is 0 Å². The van der Waals surface area contributed by atoms with Crippen molar-refractivity contribution in [3.8, 4) is 0 Å². The van der Waals surface area contributed by atoms with Crippen LogP contribution in [0.25, 0.3) is 11.2 Å². The van der Waals surface area contributed by atoms with Crippen molar-refractivity contribution < 1.29 is 4.39 Å². The van der Waals surface area contributed by atoms with Crippen molar-refractivity contribution in [2.24, 2.45) is 14.1 Å². The Bertz CT molecular complexity index is 1110. The van der Waals surface area contributed by atoms with Crippen LogP contribution in [0.3, 0.4) is 0 Å². The van der Waals surface area contributed by atoms with Crippen LogP contribution >= 0.6 is 23.8 Å². The van der Waals surface area contributed by atoms with E-state index in [1.165, 1.54) is 29.8 Å². The minimum Gasteiger partial charge on any atom is -0.316 e. The zero-order valence-corrected chi connectivity index (χ0v) is 13.8. The van der Waals surface area contributed by atoms with Crippen LogP contribution in [0.15, 0.2) is 27.8 Å². The lowest BCUT2D eigenvalue weighted by Gasteiger charge is -2.08. The Labute approximate surface area is 139 Å². The van der Waals surface area contributed by atoms with Gasteiger partial charge in [-0.2, -0.15) is 0 Å². The second kappa shape index (κ2) is 5.47. The molecule has 9 heteroatoms. The summed E-state index contributed by atoms with van der Waals surface area (Å²) in [6.07, 6.45) is 0. The van der Waals surface area contributed by atoms with E-state index in [0.29, 0.717) is 11.2 Å². The van der Waals surface area contributed by atoms with Crippen molar-refractivity contribution in [3.05, 3.63) is 60.2 Å². The largest absolute Gasteiger partial charge is 0.332 e. The van der Waals surface area contributed by atoms with Crippen molar-refractivity contribution in [2.45, 2.75) is 6.54 Å². The lowest BCUT2D eigenvalue weighted by atomic mass is 10.2. The molecule has 120 valence electrons. The van der Waals surface area contributed by atoms with Gasteiger partial charge in [-0.1, -0.05) is 17.7 Å². The van der Waals surface area contributed by atoms with Gasteiger partial charge in [0.15, 0.2) is 10.3 Å². The zero-order chi connectivity index (χ0) is 16.9. The summed E-state index contributed by atoms with van der Waals surface area (Å²) in [5.41, 5.74) is 0.293. The Morgan fingerprint density at radius 2 is 1.96 bits per heavy atom. The number of rotatable bonds is 2. The molecule has 2 aromatic heterocycles. The first-order valence-electron chi connectivity index (χ1n) is 6.63. The fourth-order valence-corrected chi connectivity index (χ4v) is 2.93. The Balaban J connectivity index is 2.31. The lowest BCUT2D eigenvalue weighted by Crippen LogP contribution is -2.37. The number of halogens is 2. The van der Waals surface area contributed by atoms with Crippen LogP contribution in [0, 0.1) is 10.6 Å². The van der Waals surface area contributed by atoms with Gasteiger partial charge in [0.05, 0.1) is 6.54 Å². The van der Waals surface area contributed by atoms with Gasteiger partial charge in [0.25, 0.3) is 5.56 Å². The second-order valence-electron chi connectivity index (χ2n) is 5.16. The van der Waals surface area contributed by atoms with Crippen LogP contribution in [0.5, 0.6) is 0 Å². The predicted molar refractivity (Wildman–Crippen MR) is 88.1 cm³/mol. The number of benzene rings is 1. The molecule has 23 heavy (non-hydrogen) atoms. The summed E-state index contributed by atoms with van der Waals surface area (Å²) in [7, 11) is 2.94. The van der Waals surface area contributed by atoms with Crippen LogP contribution in [0.2, 0.25) is 5.02 Å². The molecule has 0 amide bonds. The summed E-state index contributed by atoms with van der Waals surface area (Å²) in [6.45, 7) is 0.186. The van der Waals surface area contributed by atoms with E-state index in [4.69, 9.17) is 23.8 Å². The van der Waals surface area contributed by atoms with E-state index in [1.54, 1.807) is 11.6 Å². The number of nitrogens with zero attached hydrogens (tertiary/aromatic N) is 3. The number of hydrogen-bond donors (Lipinski definition) is 1. The molecule has 0 aliphatic carbocycles. The molecule has 0 spiro atoms. The highest BCUT2D eigenvalue weighted by molar-refractivity contribution is 7.71. The number of H-pyrrole nitrogens is 1. The Morgan fingerprint density at radius 3 is 2.61 bits per heavy atom. The van der Waals surface area contributed by atoms with Gasteiger partial charge in [-0.3, -0.25) is 13.9 Å². The highest BCUT2D eigenvalue weighted by atomic mass is 35.5. The molecular weight excluding hydrogens is 343 g/mol. The number of nitrogens with one attached hydrogen (secondary N) is 1. The molecule has 0 aliphatic heterocycles. The molecule has 1 N–H and O–H groups in total. The Kier molecular flexibility index (Phi) is 3.73. The van der Waals surface area contributed by atoms with Gasteiger partial charge in [-0.25, -0.2) is 9.18 Å². The third-order valence-electron chi connectivity index (χ3n) is 3.72. The summed E-state index contributed by atoms with van der Waals surface area (Å²) in [6, 6.07) is 4.02. The predicted octanol–water partition coefficient (Wildman–Crippen LogP) is 1.94. The molecule has 2 heterocycles. The van der Waals surface area contributed by atoms with Crippen molar-refractivity contribution in [3.63, 3.8) is 0 Å². The molecule has 6 nitrogen and oxygen atoms in total. The molecule has 0 aliphatic rings. The number of aromatic nitrogens is 4. The first-order valence-corrected chi connectivity index (χ1v) is 7.42. The summed E-state index contributed by atoms with van der Waals surface area (Å²) in [5.74, 6) is -0.445. The van der Waals surface area contributed by atoms with E-state index in [0.717, 1.165) is 4.57 Å². The van der Waals surface area contributed by atoms with Crippen molar-refractivity contribution in [1.82, 2.24) is 18.7 Å². The number of hydrogen-bond acceptors (Lipinski definition) is 3. The molecule has 0 unspecified atom stereocenters. The topological polar surface area (TPSA) is 64.7 Å². The quantitative estimate of drug-likeness (QED) is 0.715. The number of aryl methyl sites for hydroxylation is 1. The van der Waals surface area contributed by atoms with Gasteiger partial charge in [0, 0.05) is 19.1 Å². The number of aromatic amines is 1. The van der Waals surface area contributed by atoms with E-state index in [1.807, 2.05) is 0 Å². The van der Waals surface area contributed by atoms with Crippen LogP contribution in [0.4, 0.5) is 4.39 Å². The molecule has 1 aromatic carbocycles. The maximum absolute atomic E-state index is 13.2. The molecule has 0 atom stereocenters. The number of fused-ring (bicyclic) bond motifs is 1. The van der Waals surface area contributed by atoms with E-state index in [9.17, 15) is 14.0 Å². The fraction of sp³-hybridized carbons (Fsp3) is 0.214. The molecule has 0 saturated carbocycles. The minimum absolute atomic E-state index is 0.186. The Morgan fingerprint density at radius 1 is 1.26 bits per heavy atom. The lowest BCUT2D eigenvalue weighted by molar-refractivity contribution is 0.626. The van der Waals surface area contributed by atoms with E-state index < -0.39 is 17.1 Å². The average Bonchev–Trinajstić information content (AvgIpc) is 2.83. The SMILES string of the molecule is Cn1c(=O)c2c([nH]c(=S)n2Cc2ccc(F)cc2Cl)n(C)c1=O. The van der Waals surface area contributed by atoms with Gasteiger partial charge in [-0.05, 0) is 29.9 Å². The highest BCUT2D eigenvalue weighted by Crippen LogP contribution is 2.20. The normalized spacial score (nSPS) is 11.3. The maximum Gasteiger partial charge on any atom is 0.332 e. The van der Waals surface area contributed by atoms with Gasteiger partial charge in [0.2, 0.25) is 0 Å². The molecule has 0 saturated heterocycles. The van der Waals surface area contributed by atoms with E-state index in [-0.39, 0.29) is 21.9 Å². The third kappa shape index (κ3) is 2.43. The summed E-state index contributed by atoms with van der Waals surface area (Å²) < 4.78 is 17.3. The van der Waals surface area contributed by atoms with Crippen LogP contribution in [-0.2, 0) is 20.6 Å². The van der Waals surface area contributed by atoms with Crippen molar-refractivity contribution in [2.75, 3.05) is 0 Å². The zero-order valence-electron chi connectivity index (χ0n) is 12.3. The van der Waals surface area contributed by atoms with Gasteiger partial charge in [0.1, 0.15) is 11.5 Å². The second-order valence-corrected chi connectivity index (χ2v) is 5.95. The smallest absolute Gasteiger partial charge is 0.316 e. The number of imidazole rings is 1. The fourth-order valence-electron chi connectivity index (χ4n) is 2.45. The van der Waals surface area contributed by atoms with Gasteiger partial charge < -0.3 is 9.55 Å². The third-order valence-corrected chi connectivity index (χ3v) is 4.40.